The zero-order chi connectivity index (χ0) is 22.5. The molecule has 5 rings (SSSR count). The number of aromatic nitrogens is 4. The van der Waals surface area contributed by atoms with Crippen LogP contribution in [0.5, 0.6) is 5.88 Å². The Balaban J connectivity index is 1.47. The van der Waals surface area contributed by atoms with Gasteiger partial charge in [-0.3, -0.25) is 18.1 Å². The van der Waals surface area contributed by atoms with Gasteiger partial charge in [-0.2, -0.15) is 9.97 Å². The van der Waals surface area contributed by atoms with Crippen LogP contribution in [0.25, 0.3) is 11.2 Å². The topological polar surface area (TPSA) is 133 Å². The first-order chi connectivity index (χ1) is 15.3. The summed E-state index contributed by atoms with van der Waals surface area (Å²) in [6.45, 7) is 1.37. The van der Waals surface area contributed by atoms with Gasteiger partial charge < -0.3 is 15.2 Å². The van der Waals surface area contributed by atoms with Crippen LogP contribution in [-0.2, 0) is 29.5 Å². The lowest BCUT2D eigenvalue weighted by Gasteiger charge is -2.33. The van der Waals surface area contributed by atoms with Gasteiger partial charge in [-0.25, -0.2) is 13.9 Å². The molecule has 2 N–H and O–H groups in total. The van der Waals surface area contributed by atoms with Gasteiger partial charge in [-0.05, 0) is 12.5 Å². The van der Waals surface area contributed by atoms with Gasteiger partial charge in [-0.1, -0.05) is 30.3 Å². The Morgan fingerprint density at radius 1 is 1.34 bits per heavy atom. The van der Waals surface area contributed by atoms with Gasteiger partial charge >= 0.3 is 7.82 Å². The number of alkyl halides is 1. The number of nitrogens with zero attached hydrogens (tertiary/aromatic N) is 4. The standard InChI is InChI=1S/C19H21FN5O6P/c1-19(20)14-12(9-29-32(26,27-2)31-14)30-17(19)25-10-22-13-15(25)23-18(21)24-16(13)28-8-11-6-4-3-5-7-11/h3-7,10,12,14,17H,8-9H2,1-2H3,(H2,21,23,24)/t12-,14-,17-,19-,32?/m1/s1. The highest BCUT2D eigenvalue weighted by molar-refractivity contribution is 7.48. The lowest BCUT2D eigenvalue weighted by molar-refractivity contribution is -0.0686. The highest BCUT2D eigenvalue weighted by Crippen LogP contribution is 2.59. The summed E-state index contributed by atoms with van der Waals surface area (Å²) in [5.74, 6) is 0.0938. The molecule has 13 heteroatoms. The molecule has 0 spiro atoms. The first kappa shape index (κ1) is 21.2. The summed E-state index contributed by atoms with van der Waals surface area (Å²) < 4.78 is 56.6. The largest absolute Gasteiger partial charge is 0.475 e. The van der Waals surface area contributed by atoms with E-state index in [-0.39, 0.29) is 30.7 Å². The van der Waals surface area contributed by atoms with Crippen LogP contribution >= 0.6 is 7.82 Å². The van der Waals surface area contributed by atoms with Gasteiger partial charge in [0.05, 0.1) is 12.9 Å². The van der Waals surface area contributed by atoms with Crippen molar-refractivity contribution < 1.29 is 32.0 Å². The fraction of sp³-hybridized carbons (Fsp3) is 0.421. The Kier molecular flexibility index (Phi) is 5.14. The summed E-state index contributed by atoms with van der Waals surface area (Å²) in [6, 6.07) is 9.50. The third-order valence-corrected chi connectivity index (χ3v) is 6.82. The van der Waals surface area contributed by atoms with E-state index in [9.17, 15) is 4.57 Å². The van der Waals surface area contributed by atoms with E-state index in [1.807, 2.05) is 30.3 Å². The van der Waals surface area contributed by atoms with Crippen molar-refractivity contribution in [1.82, 2.24) is 19.5 Å². The number of halogens is 1. The molecule has 0 amide bonds. The van der Waals surface area contributed by atoms with Crippen LogP contribution in [0.4, 0.5) is 10.3 Å². The van der Waals surface area contributed by atoms with Gasteiger partial charge in [0, 0.05) is 7.11 Å². The molecule has 2 fully saturated rings. The number of anilines is 1. The Labute approximate surface area is 182 Å². The fourth-order valence-electron chi connectivity index (χ4n) is 3.84. The second-order valence-electron chi connectivity index (χ2n) is 7.61. The lowest BCUT2D eigenvalue weighted by Crippen LogP contribution is -2.44. The van der Waals surface area contributed by atoms with Gasteiger partial charge in [0.15, 0.2) is 23.1 Å². The molecular formula is C19H21FN5O6P. The van der Waals surface area contributed by atoms with Gasteiger partial charge in [-0.15, -0.1) is 0 Å². The normalized spacial score (nSPS) is 32.2. The molecule has 0 radical (unpaired) electrons. The summed E-state index contributed by atoms with van der Waals surface area (Å²) in [7, 11) is -2.69. The minimum Gasteiger partial charge on any atom is -0.471 e. The van der Waals surface area contributed by atoms with E-state index in [1.54, 1.807) is 0 Å². The van der Waals surface area contributed by atoms with Crippen molar-refractivity contribution in [1.29, 1.82) is 0 Å². The van der Waals surface area contributed by atoms with Crippen LogP contribution in [0.15, 0.2) is 36.7 Å². The summed E-state index contributed by atoms with van der Waals surface area (Å²) in [5.41, 5.74) is 5.22. The predicted octanol–water partition coefficient (Wildman–Crippen LogP) is 2.78. The second kappa shape index (κ2) is 7.75. The smallest absolute Gasteiger partial charge is 0.471 e. The number of phosphoric acid groups is 1. The zero-order valence-electron chi connectivity index (χ0n) is 17.3. The number of hydrogen-bond donors (Lipinski definition) is 1. The molecule has 1 unspecified atom stereocenters. The Morgan fingerprint density at radius 3 is 2.88 bits per heavy atom. The molecule has 170 valence electrons. The molecule has 0 aliphatic carbocycles. The van der Waals surface area contributed by atoms with Crippen molar-refractivity contribution in [3.05, 3.63) is 42.2 Å². The van der Waals surface area contributed by atoms with E-state index in [0.717, 1.165) is 5.56 Å². The minimum atomic E-state index is -3.86. The van der Waals surface area contributed by atoms with Crippen molar-refractivity contribution in [3.63, 3.8) is 0 Å². The van der Waals surface area contributed by atoms with Crippen LogP contribution in [-0.4, -0.2) is 51.1 Å². The summed E-state index contributed by atoms with van der Waals surface area (Å²) in [6.07, 6.45) is -1.83. The quantitative estimate of drug-likeness (QED) is 0.561. The van der Waals surface area contributed by atoms with E-state index >= 15 is 4.39 Å². The Morgan fingerprint density at radius 2 is 2.12 bits per heavy atom. The van der Waals surface area contributed by atoms with Crippen LogP contribution in [0, 0.1) is 0 Å². The SMILES string of the molecule is COP1(=O)OC[C@H]2O[C@@H](n3cnc4c(OCc5ccccc5)nc(N)nc43)[C@](C)(F)[C@@H]2O1. The lowest BCUT2D eigenvalue weighted by atomic mass is 9.98. The van der Waals surface area contributed by atoms with Gasteiger partial charge in [0.25, 0.3) is 0 Å². The van der Waals surface area contributed by atoms with Crippen molar-refractivity contribution in [2.45, 2.75) is 37.6 Å². The van der Waals surface area contributed by atoms with E-state index < -0.39 is 31.9 Å². The summed E-state index contributed by atoms with van der Waals surface area (Å²) >= 11 is 0. The van der Waals surface area contributed by atoms with Gasteiger partial charge in [0.2, 0.25) is 11.8 Å². The van der Waals surface area contributed by atoms with Crippen molar-refractivity contribution >= 4 is 24.9 Å². The number of nitrogens with two attached hydrogens (primary N) is 1. The highest BCUT2D eigenvalue weighted by Gasteiger charge is 2.61. The summed E-state index contributed by atoms with van der Waals surface area (Å²) in [4.78, 5) is 12.6. The molecule has 4 heterocycles. The Hall–Kier alpha value is -2.63. The molecule has 2 saturated heterocycles. The first-order valence-electron chi connectivity index (χ1n) is 9.80. The molecule has 3 aromatic rings. The van der Waals surface area contributed by atoms with E-state index in [2.05, 4.69) is 15.0 Å². The summed E-state index contributed by atoms with van der Waals surface area (Å²) in [5, 5.41) is 0. The van der Waals surface area contributed by atoms with Gasteiger partial charge in [0.1, 0.15) is 18.8 Å². The molecule has 1 aromatic carbocycles. The number of imidazole rings is 1. The molecule has 0 saturated carbocycles. The third-order valence-electron chi connectivity index (χ3n) is 5.42. The molecule has 2 aromatic heterocycles. The molecule has 0 bridgehead atoms. The van der Waals surface area contributed by atoms with Crippen LogP contribution in [0.2, 0.25) is 0 Å². The first-order valence-corrected chi connectivity index (χ1v) is 11.3. The molecule has 11 nitrogen and oxygen atoms in total. The number of nitrogen functional groups attached to an aromatic ring is 1. The van der Waals surface area contributed by atoms with Crippen LogP contribution in [0.3, 0.4) is 0 Å². The second-order valence-corrected chi connectivity index (χ2v) is 9.34. The number of rotatable bonds is 5. The maximum Gasteiger partial charge on any atom is 0.475 e. The minimum absolute atomic E-state index is 0.0678. The van der Waals surface area contributed by atoms with E-state index in [0.29, 0.717) is 5.52 Å². The average molecular weight is 465 g/mol. The zero-order valence-corrected chi connectivity index (χ0v) is 18.1. The number of hydrogen-bond acceptors (Lipinski definition) is 10. The molecular weight excluding hydrogens is 444 g/mol. The third kappa shape index (κ3) is 3.54. The van der Waals surface area contributed by atoms with Crippen molar-refractivity contribution in [3.8, 4) is 5.88 Å². The molecule has 5 atom stereocenters. The maximum absolute atomic E-state index is 15.9. The number of fused-ring (bicyclic) bond motifs is 2. The number of benzene rings is 1. The van der Waals surface area contributed by atoms with E-state index in [4.69, 9.17) is 28.8 Å². The van der Waals surface area contributed by atoms with Crippen molar-refractivity contribution in [2.24, 2.45) is 0 Å². The predicted molar refractivity (Wildman–Crippen MR) is 109 cm³/mol. The molecule has 2 aliphatic heterocycles. The highest BCUT2D eigenvalue weighted by atomic mass is 31.2. The Bertz CT molecular complexity index is 1190. The van der Waals surface area contributed by atoms with Crippen molar-refractivity contribution in [2.75, 3.05) is 19.5 Å². The van der Waals surface area contributed by atoms with Crippen LogP contribution < -0.4 is 10.5 Å². The average Bonchev–Trinajstić information content (AvgIpc) is 3.30. The molecule has 32 heavy (non-hydrogen) atoms. The number of phosphoric ester groups is 1. The molecule has 2 aliphatic rings. The maximum atomic E-state index is 15.9. The number of ether oxygens (including phenoxy) is 2. The monoisotopic (exact) mass is 465 g/mol. The fourth-order valence-corrected chi connectivity index (χ4v) is 5.05. The van der Waals surface area contributed by atoms with Crippen LogP contribution in [0.1, 0.15) is 18.7 Å². The van der Waals surface area contributed by atoms with E-state index in [1.165, 1.54) is 24.9 Å².